The van der Waals surface area contributed by atoms with Crippen LogP contribution in [-0.4, -0.2) is 23.9 Å². The predicted molar refractivity (Wildman–Crippen MR) is 88.2 cm³/mol. The number of anilines is 1. The Morgan fingerprint density at radius 2 is 1.86 bits per heavy atom. The summed E-state index contributed by atoms with van der Waals surface area (Å²) in [5, 5.41) is 3.76. The van der Waals surface area contributed by atoms with Crippen molar-refractivity contribution in [2.45, 2.75) is 52.6 Å². The number of nitrogens with zero attached hydrogens (tertiary/aromatic N) is 1. The van der Waals surface area contributed by atoms with Crippen molar-refractivity contribution >= 4 is 11.6 Å². The van der Waals surface area contributed by atoms with Gasteiger partial charge in [0.15, 0.2) is 0 Å². The molecule has 1 aliphatic carbocycles. The summed E-state index contributed by atoms with van der Waals surface area (Å²) < 4.78 is 0. The second-order valence-corrected chi connectivity index (χ2v) is 6.59. The average Bonchev–Trinajstić information content (AvgIpc) is 2.44. The molecule has 1 aromatic carbocycles. The molecule has 1 aromatic rings. The molecule has 1 amide bonds. The molecule has 0 bridgehead atoms. The number of nitrogens with one attached hydrogen (secondary N) is 1. The quantitative estimate of drug-likeness (QED) is 0.911. The molecule has 0 radical (unpaired) electrons. The van der Waals surface area contributed by atoms with Crippen LogP contribution in [0.5, 0.6) is 0 Å². The molecule has 1 saturated carbocycles. The van der Waals surface area contributed by atoms with Gasteiger partial charge in [0, 0.05) is 32.2 Å². The summed E-state index contributed by atoms with van der Waals surface area (Å²) in [6, 6.07) is 8.89. The van der Waals surface area contributed by atoms with Gasteiger partial charge >= 0.3 is 0 Å². The van der Waals surface area contributed by atoms with Crippen LogP contribution < -0.4 is 5.32 Å². The molecule has 116 valence electrons. The van der Waals surface area contributed by atoms with Crippen LogP contribution in [0.2, 0.25) is 0 Å². The minimum Gasteiger partial charge on any atom is -0.381 e. The van der Waals surface area contributed by atoms with Gasteiger partial charge in [-0.2, -0.15) is 0 Å². The van der Waals surface area contributed by atoms with Crippen molar-refractivity contribution in [3.8, 4) is 0 Å². The van der Waals surface area contributed by atoms with E-state index >= 15 is 0 Å². The number of hydrogen-bond donors (Lipinski definition) is 1. The van der Waals surface area contributed by atoms with Gasteiger partial charge in [0.25, 0.3) is 0 Å². The first kappa shape index (κ1) is 15.9. The summed E-state index contributed by atoms with van der Waals surface area (Å²) in [6.45, 7) is 6.96. The fourth-order valence-corrected chi connectivity index (χ4v) is 3.31. The Labute approximate surface area is 128 Å². The zero-order valence-electron chi connectivity index (χ0n) is 13.7. The smallest absolute Gasteiger partial charge is 0.219 e. The Balaban J connectivity index is 2.14. The molecule has 3 nitrogen and oxygen atoms in total. The van der Waals surface area contributed by atoms with Crippen LogP contribution >= 0.6 is 0 Å². The molecule has 0 heterocycles. The fraction of sp³-hybridized carbons (Fsp3) is 0.611. The van der Waals surface area contributed by atoms with Gasteiger partial charge in [-0.25, -0.2) is 0 Å². The lowest BCUT2D eigenvalue weighted by molar-refractivity contribution is -0.128. The summed E-state index contributed by atoms with van der Waals surface area (Å²) >= 11 is 0. The van der Waals surface area contributed by atoms with Crippen molar-refractivity contribution < 1.29 is 4.79 Å². The number of hydrogen-bond acceptors (Lipinski definition) is 2. The molecule has 2 rings (SSSR count). The van der Waals surface area contributed by atoms with Gasteiger partial charge in [-0.1, -0.05) is 38.5 Å². The van der Waals surface area contributed by atoms with Crippen molar-refractivity contribution in [2.75, 3.05) is 12.4 Å². The Bertz CT molecular complexity index is 476. The monoisotopic (exact) mass is 288 g/mol. The van der Waals surface area contributed by atoms with Gasteiger partial charge < -0.3 is 10.2 Å². The van der Waals surface area contributed by atoms with E-state index in [1.165, 1.54) is 30.5 Å². The topological polar surface area (TPSA) is 32.3 Å². The molecule has 0 aliphatic heterocycles. The van der Waals surface area contributed by atoms with Crippen LogP contribution in [0.1, 0.15) is 45.6 Å². The summed E-state index contributed by atoms with van der Waals surface area (Å²) in [6.07, 6.45) is 3.95. The largest absolute Gasteiger partial charge is 0.381 e. The van der Waals surface area contributed by atoms with Gasteiger partial charge in [0.1, 0.15) is 0 Å². The van der Waals surface area contributed by atoms with E-state index in [4.69, 9.17) is 0 Å². The maximum atomic E-state index is 11.5. The van der Waals surface area contributed by atoms with Crippen molar-refractivity contribution in [2.24, 2.45) is 11.8 Å². The molecule has 1 aliphatic rings. The number of para-hydroxylation sites is 1. The number of rotatable bonds is 4. The maximum absolute atomic E-state index is 11.5. The Morgan fingerprint density at radius 3 is 2.48 bits per heavy atom. The minimum absolute atomic E-state index is 0.101. The van der Waals surface area contributed by atoms with E-state index in [9.17, 15) is 4.79 Å². The van der Waals surface area contributed by atoms with E-state index in [2.05, 4.69) is 37.4 Å². The van der Waals surface area contributed by atoms with Gasteiger partial charge in [-0.05, 0) is 36.3 Å². The van der Waals surface area contributed by atoms with Crippen LogP contribution in [0.4, 0.5) is 5.69 Å². The molecule has 2 unspecified atom stereocenters. The molecule has 0 spiro atoms. The van der Waals surface area contributed by atoms with Crippen molar-refractivity contribution in [3.63, 3.8) is 0 Å². The fourth-order valence-electron chi connectivity index (χ4n) is 3.31. The number of amides is 1. The molecule has 3 heteroatoms. The van der Waals surface area contributed by atoms with Gasteiger partial charge in [0.2, 0.25) is 5.91 Å². The summed E-state index contributed by atoms with van der Waals surface area (Å²) in [5.74, 6) is 1.50. The highest BCUT2D eigenvalue weighted by atomic mass is 16.2. The van der Waals surface area contributed by atoms with E-state index in [1.807, 2.05) is 13.1 Å². The van der Waals surface area contributed by atoms with Crippen LogP contribution in [0.3, 0.4) is 0 Å². The lowest BCUT2D eigenvalue weighted by Gasteiger charge is -2.36. The van der Waals surface area contributed by atoms with Crippen LogP contribution in [-0.2, 0) is 11.3 Å². The van der Waals surface area contributed by atoms with E-state index in [0.29, 0.717) is 24.4 Å². The molecule has 0 saturated heterocycles. The number of benzene rings is 1. The SMILES string of the molecule is CC(=O)N(C)Cc1ccccc1NC1C(C)CCCC1C. The zero-order valence-corrected chi connectivity index (χ0v) is 13.7. The Morgan fingerprint density at radius 1 is 1.24 bits per heavy atom. The lowest BCUT2D eigenvalue weighted by Crippen LogP contribution is -2.37. The first-order chi connectivity index (χ1) is 9.99. The maximum Gasteiger partial charge on any atom is 0.219 e. The molecule has 1 fully saturated rings. The van der Waals surface area contributed by atoms with E-state index < -0.39 is 0 Å². The van der Waals surface area contributed by atoms with E-state index in [1.54, 1.807) is 11.8 Å². The van der Waals surface area contributed by atoms with Crippen LogP contribution in [0.15, 0.2) is 24.3 Å². The van der Waals surface area contributed by atoms with Crippen LogP contribution in [0, 0.1) is 11.8 Å². The third-order valence-electron chi connectivity index (χ3n) is 4.83. The zero-order chi connectivity index (χ0) is 15.4. The third kappa shape index (κ3) is 3.99. The van der Waals surface area contributed by atoms with Gasteiger partial charge in [-0.3, -0.25) is 4.79 Å². The number of carbonyl (C=O) groups excluding carboxylic acids is 1. The highest BCUT2D eigenvalue weighted by Gasteiger charge is 2.27. The summed E-state index contributed by atoms with van der Waals surface area (Å²) in [7, 11) is 1.85. The standard InChI is InChI=1S/C18H28N2O/c1-13-8-7-9-14(2)18(13)19-17-11-6-5-10-16(17)12-20(4)15(3)21/h5-6,10-11,13-14,18-19H,7-9,12H2,1-4H3. The van der Waals surface area contributed by atoms with E-state index in [-0.39, 0.29) is 5.91 Å². The molecule has 21 heavy (non-hydrogen) atoms. The minimum atomic E-state index is 0.101. The molecule has 1 N–H and O–H groups in total. The van der Waals surface area contributed by atoms with Gasteiger partial charge in [0.05, 0.1) is 0 Å². The normalized spacial score (nSPS) is 25.4. The van der Waals surface area contributed by atoms with Crippen molar-refractivity contribution in [1.82, 2.24) is 4.90 Å². The number of carbonyl (C=O) groups is 1. The summed E-state index contributed by atoms with van der Waals surface area (Å²) in [5.41, 5.74) is 2.37. The molecule has 2 atom stereocenters. The second kappa shape index (κ2) is 6.97. The predicted octanol–water partition coefficient (Wildman–Crippen LogP) is 3.90. The Kier molecular flexibility index (Phi) is 5.27. The van der Waals surface area contributed by atoms with Crippen LogP contribution in [0.25, 0.3) is 0 Å². The second-order valence-electron chi connectivity index (χ2n) is 6.59. The Hall–Kier alpha value is -1.51. The molecule has 0 aromatic heterocycles. The first-order valence-corrected chi connectivity index (χ1v) is 8.05. The molecular weight excluding hydrogens is 260 g/mol. The van der Waals surface area contributed by atoms with E-state index in [0.717, 1.165) is 0 Å². The third-order valence-corrected chi connectivity index (χ3v) is 4.83. The highest BCUT2D eigenvalue weighted by Crippen LogP contribution is 2.32. The van der Waals surface area contributed by atoms with Crippen molar-refractivity contribution in [1.29, 1.82) is 0 Å². The first-order valence-electron chi connectivity index (χ1n) is 8.05. The lowest BCUT2D eigenvalue weighted by atomic mass is 9.78. The van der Waals surface area contributed by atoms with Crippen molar-refractivity contribution in [3.05, 3.63) is 29.8 Å². The van der Waals surface area contributed by atoms with Gasteiger partial charge in [-0.15, -0.1) is 0 Å². The highest BCUT2D eigenvalue weighted by molar-refractivity contribution is 5.73. The average molecular weight is 288 g/mol. The summed E-state index contributed by atoms with van der Waals surface area (Å²) in [4.78, 5) is 13.2. The molecular formula is C18H28N2O.